The smallest absolute Gasteiger partial charge is 0.223 e. The first-order valence-electron chi connectivity index (χ1n) is 8.01. The summed E-state index contributed by atoms with van der Waals surface area (Å²) in [5, 5.41) is 3.37. The van der Waals surface area contributed by atoms with E-state index in [4.69, 9.17) is 4.74 Å². The standard InChI is InChI=1S/C15H29N3O2/c1-13(2)18-9-10-20-14(12-18)11-16-6-5-15(19)17-7-3-4-8-17/h13-14,16H,3-12H2,1-2H3. The van der Waals surface area contributed by atoms with Gasteiger partial charge in [0.2, 0.25) is 5.91 Å². The van der Waals surface area contributed by atoms with Crippen molar-refractivity contribution in [2.75, 3.05) is 45.9 Å². The Bertz CT molecular complexity index is 303. The van der Waals surface area contributed by atoms with Crippen LogP contribution in [0.1, 0.15) is 33.1 Å². The van der Waals surface area contributed by atoms with Gasteiger partial charge in [-0.15, -0.1) is 0 Å². The first-order chi connectivity index (χ1) is 9.66. The molecule has 5 nitrogen and oxygen atoms in total. The number of rotatable bonds is 6. The molecule has 0 radical (unpaired) electrons. The van der Waals surface area contributed by atoms with Gasteiger partial charge >= 0.3 is 0 Å². The fraction of sp³-hybridized carbons (Fsp3) is 0.933. The van der Waals surface area contributed by atoms with Gasteiger partial charge in [0.15, 0.2) is 0 Å². The van der Waals surface area contributed by atoms with Gasteiger partial charge in [-0.3, -0.25) is 9.69 Å². The summed E-state index contributed by atoms with van der Waals surface area (Å²) in [7, 11) is 0. The van der Waals surface area contributed by atoms with Gasteiger partial charge < -0.3 is 15.0 Å². The number of hydrogen-bond donors (Lipinski definition) is 1. The third-order valence-electron chi connectivity index (χ3n) is 4.25. The van der Waals surface area contributed by atoms with Crippen molar-refractivity contribution in [3.05, 3.63) is 0 Å². The van der Waals surface area contributed by atoms with Crippen LogP contribution < -0.4 is 5.32 Å². The van der Waals surface area contributed by atoms with E-state index in [1.807, 2.05) is 4.90 Å². The van der Waals surface area contributed by atoms with E-state index in [1.165, 1.54) is 12.8 Å². The number of hydrogen-bond acceptors (Lipinski definition) is 4. The summed E-state index contributed by atoms with van der Waals surface area (Å²) in [4.78, 5) is 16.3. The molecule has 2 saturated heterocycles. The molecule has 2 fully saturated rings. The average Bonchev–Trinajstić information content (AvgIpc) is 2.98. The van der Waals surface area contributed by atoms with Gasteiger partial charge in [-0.05, 0) is 26.7 Å². The number of likely N-dealkylation sites (tertiary alicyclic amines) is 1. The highest BCUT2D eigenvalue weighted by molar-refractivity contribution is 5.76. The lowest BCUT2D eigenvalue weighted by atomic mass is 10.2. The van der Waals surface area contributed by atoms with Crippen LogP contribution in [0.5, 0.6) is 0 Å². The zero-order valence-electron chi connectivity index (χ0n) is 12.9. The van der Waals surface area contributed by atoms with Crippen molar-refractivity contribution in [1.29, 1.82) is 0 Å². The monoisotopic (exact) mass is 283 g/mol. The first kappa shape index (κ1) is 15.7. The molecular formula is C15H29N3O2. The zero-order valence-corrected chi connectivity index (χ0v) is 12.9. The van der Waals surface area contributed by atoms with Crippen LogP contribution in [-0.2, 0) is 9.53 Å². The summed E-state index contributed by atoms with van der Waals surface area (Å²) in [5.41, 5.74) is 0. The van der Waals surface area contributed by atoms with Crippen molar-refractivity contribution >= 4 is 5.91 Å². The second-order valence-electron chi connectivity index (χ2n) is 6.12. The number of ether oxygens (including phenoxy) is 1. The van der Waals surface area contributed by atoms with E-state index in [-0.39, 0.29) is 6.10 Å². The minimum absolute atomic E-state index is 0.257. The Hall–Kier alpha value is -0.650. The molecule has 0 aromatic heterocycles. The van der Waals surface area contributed by atoms with Crippen LogP contribution in [0.15, 0.2) is 0 Å². The molecular weight excluding hydrogens is 254 g/mol. The summed E-state index contributed by atoms with van der Waals surface area (Å²) >= 11 is 0. The minimum Gasteiger partial charge on any atom is -0.374 e. The van der Waals surface area contributed by atoms with Crippen LogP contribution in [0, 0.1) is 0 Å². The molecule has 2 heterocycles. The average molecular weight is 283 g/mol. The van der Waals surface area contributed by atoms with E-state index in [0.29, 0.717) is 18.4 Å². The quantitative estimate of drug-likeness (QED) is 0.729. The molecule has 0 bridgehead atoms. The predicted molar refractivity (Wildman–Crippen MR) is 79.7 cm³/mol. The SMILES string of the molecule is CC(C)N1CCOC(CNCCC(=O)N2CCCC2)C1. The molecule has 0 aliphatic carbocycles. The van der Waals surface area contributed by atoms with Gasteiger partial charge in [0.25, 0.3) is 0 Å². The molecule has 2 aliphatic rings. The lowest BCUT2D eigenvalue weighted by Gasteiger charge is -2.35. The third kappa shape index (κ3) is 4.72. The van der Waals surface area contributed by atoms with E-state index in [9.17, 15) is 4.79 Å². The normalized spacial score (nSPS) is 24.6. The van der Waals surface area contributed by atoms with E-state index in [2.05, 4.69) is 24.1 Å². The van der Waals surface area contributed by atoms with E-state index in [1.54, 1.807) is 0 Å². The molecule has 0 saturated carbocycles. The highest BCUT2D eigenvalue weighted by Crippen LogP contribution is 2.09. The van der Waals surface area contributed by atoms with Crippen molar-refractivity contribution in [2.45, 2.75) is 45.3 Å². The Balaban J connectivity index is 1.57. The Labute approximate surface area is 122 Å². The van der Waals surface area contributed by atoms with Crippen molar-refractivity contribution in [2.24, 2.45) is 0 Å². The molecule has 0 aromatic carbocycles. The second-order valence-corrected chi connectivity index (χ2v) is 6.12. The predicted octanol–water partition coefficient (Wildman–Crippen LogP) is 0.698. The van der Waals surface area contributed by atoms with Crippen LogP contribution >= 0.6 is 0 Å². The summed E-state index contributed by atoms with van der Waals surface area (Å²) in [6.45, 7) is 10.8. The van der Waals surface area contributed by atoms with Gasteiger partial charge in [-0.2, -0.15) is 0 Å². The largest absolute Gasteiger partial charge is 0.374 e. The van der Waals surface area contributed by atoms with Crippen LogP contribution in [-0.4, -0.2) is 73.7 Å². The summed E-state index contributed by atoms with van der Waals surface area (Å²) in [5.74, 6) is 0.295. The van der Waals surface area contributed by atoms with Crippen molar-refractivity contribution in [1.82, 2.24) is 15.1 Å². The zero-order chi connectivity index (χ0) is 14.4. The molecule has 2 rings (SSSR count). The van der Waals surface area contributed by atoms with Gasteiger partial charge in [-0.25, -0.2) is 0 Å². The number of nitrogens with one attached hydrogen (secondary N) is 1. The lowest BCUT2D eigenvalue weighted by molar-refractivity contribution is -0.130. The van der Waals surface area contributed by atoms with E-state index in [0.717, 1.165) is 45.9 Å². The van der Waals surface area contributed by atoms with Gasteiger partial charge in [0.05, 0.1) is 12.7 Å². The molecule has 20 heavy (non-hydrogen) atoms. The molecule has 1 amide bonds. The van der Waals surface area contributed by atoms with Gasteiger partial charge in [-0.1, -0.05) is 0 Å². The number of carbonyl (C=O) groups is 1. The molecule has 1 atom stereocenters. The topological polar surface area (TPSA) is 44.8 Å². The number of morpholine rings is 1. The molecule has 0 spiro atoms. The van der Waals surface area contributed by atoms with Crippen LogP contribution in [0.2, 0.25) is 0 Å². The Morgan fingerprint density at radius 2 is 2.05 bits per heavy atom. The molecule has 116 valence electrons. The number of nitrogens with zero attached hydrogens (tertiary/aromatic N) is 2. The van der Waals surface area contributed by atoms with Crippen molar-refractivity contribution in [3.8, 4) is 0 Å². The molecule has 0 aromatic rings. The summed E-state index contributed by atoms with van der Waals surface area (Å²) in [6.07, 6.45) is 3.20. The summed E-state index contributed by atoms with van der Waals surface area (Å²) < 4.78 is 5.77. The third-order valence-corrected chi connectivity index (χ3v) is 4.25. The van der Waals surface area contributed by atoms with Crippen LogP contribution in [0.4, 0.5) is 0 Å². The minimum atomic E-state index is 0.257. The maximum Gasteiger partial charge on any atom is 0.223 e. The Kier molecular flexibility index (Phi) is 6.26. The molecule has 5 heteroatoms. The fourth-order valence-corrected chi connectivity index (χ4v) is 2.92. The van der Waals surface area contributed by atoms with Crippen LogP contribution in [0.3, 0.4) is 0 Å². The number of carbonyl (C=O) groups excluding carboxylic acids is 1. The highest BCUT2D eigenvalue weighted by atomic mass is 16.5. The molecule has 2 aliphatic heterocycles. The fourth-order valence-electron chi connectivity index (χ4n) is 2.92. The molecule has 1 unspecified atom stereocenters. The van der Waals surface area contributed by atoms with E-state index >= 15 is 0 Å². The van der Waals surface area contributed by atoms with Gasteiger partial charge in [0, 0.05) is 51.7 Å². The second kappa shape index (κ2) is 7.96. The highest BCUT2D eigenvalue weighted by Gasteiger charge is 2.22. The van der Waals surface area contributed by atoms with E-state index < -0.39 is 0 Å². The van der Waals surface area contributed by atoms with Crippen molar-refractivity contribution in [3.63, 3.8) is 0 Å². The summed E-state index contributed by atoms with van der Waals surface area (Å²) in [6, 6.07) is 0.582. The van der Waals surface area contributed by atoms with Crippen LogP contribution in [0.25, 0.3) is 0 Å². The lowest BCUT2D eigenvalue weighted by Crippen LogP contribution is -2.49. The number of amides is 1. The van der Waals surface area contributed by atoms with Gasteiger partial charge in [0.1, 0.15) is 0 Å². The first-order valence-corrected chi connectivity index (χ1v) is 8.01. The maximum atomic E-state index is 11.9. The molecule has 1 N–H and O–H groups in total. The Morgan fingerprint density at radius 1 is 1.30 bits per heavy atom. The Morgan fingerprint density at radius 3 is 2.75 bits per heavy atom. The maximum absolute atomic E-state index is 11.9. The van der Waals surface area contributed by atoms with Crippen molar-refractivity contribution < 1.29 is 9.53 Å².